The molecule has 1 saturated carbocycles. The Hall–Kier alpha value is -0.0400. The average molecular weight is 183 g/mol. The van der Waals surface area contributed by atoms with Gasteiger partial charge in [-0.25, -0.2) is 0 Å². The monoisotopic (exact) mass is 183 g/mol. The van der Waals surface area contributed by atoms with Crippen LogP contribution in [-0.2, 0) is 0 Å². The molecule has 0 unspecified atom stereocenters. The van der Waals surface area contributed by atoms with Gasteiger partial charge in [-0.05, 0) is 44.2 Å². The molecule has 0 radical (unpaired) electrons. The second kappa shape index (κ2) is 6.42. The van der Waals surface area contributed by atoms with Crippen molar-refractivity contribution in [2.75, 3.05) is 13.1 Å². The fourth-order valence-corrected chi connectivity index (χ4v) is 1.85. The number of nitrogens with one attached hydrogen (secondary N) is 1. The lowest BCUT2D eigenvalue weighted by molar-refractivity contribution is 0.292. The lowest BCUT2D eigenvalue weighted by Crippen LogP contribution is -2.22. The van der Waals surface area contributed by atoms with E-state index < -0.39 is 0 Å². The van der Waals surface area contributed by atoms with Crippen molar-refractivity contribution in [1.29, 1.82) is 0 Å². The standard InChI is InChI=1S/C12H25N/c1-11(2)5-4-9-13-10-8-12-6-3-7-12/h11-13H,3-10H2,1-2H3. The minimum atomic E-state index is 0.869. The highest BCUT2D eigenvalue weighted by Crippen LogP contribution is 2.28. The van der Waals surface area contributed by atoms with Crippen LogP contribution in [0, 0.1) is 11.8 Å². The molecule has 0 bridgehead atoms. The maximum Gasteiger partial charge on any atom is -0.00463 e. The van der Waals surface area contributed by atoms with Crippen molar-refractivity contribution in [3.8, 4) is 0 Å². The van der Waals surface area contributed by atoms with Crippen molar-refractivity contribution in [2.45, 2.75) is 52.4 Å². The number of hydrogen-bond acceptors (Lipinski definition) is 1. The van der Waals surface area contributed by atoms with E-state index in [1.165, 1.54) is 51.6 Å². The second-order valence-corrected chi connectivity index (χ2v) is 4.87. The van der Waals surface area contributed by atoms with Crippen molar-refractivity contribution in [3.05, 3.63) is 0 Å². The summed E-state index contributed by atoms with van der Waals surface area (Å²) in [7, 11) is 0. The molecule has 0 aromatic carbocycles. The van der Waals surface area contributed by atoms with Gasteiger partial charge in [0.15, 0.2) is 0 Å². The van der Waals surface area contributed by atoms with Crippen molar-refractivity contribution in [2.24, 2.45) is 11.8 Å². The molecule has 0 spiro atoms. The maximum absolute atomic E-state index is 3.54. The van der Waals surface area contributed by atoms with Gasteiger partial charge in [0.05, 0.1) is 0 Å². The van der Waals surface area contributed by atoms with Crippen LogP contribution in [0.5, 0.6) is 0 Å². The minimum absolute atomic E-state index is 0.869. The fourth-order valence-electron chi connectivity index (χ4n) is 1.85. The fraction of sp³-hybridized carbons (Fsp3) is 1.00. The summed E-state index contributed by atoms with van der Waals surface area (Å²) in [5.74, 6) is 1.94. The molecule has 1 nitrogen and oxygen atoms in total. The largest absolute Gasteiger partial charge is 0.317 e. The first kappa shape index (κ1) is 11.0. The summed E-state index contributed by atoms with van der Waals surface area (Å²) in [6.07, 6.45) is 8.61. The molecular weight excluding hydrogens is 158 g/mol. The SMILES string of the molecule is CC(C)CCCNCCC1CCC1. The van der Waals surface area contributed by atoms with Crippen LogP contribution in [0.3, 0.4) is 0 Å². The molecule has 0 aliphatic heterocycles. The van der Waals surface area contributed by atoms with E-state index in [1.807, 2.05) is 0 Å². The van der Waals surface area contributed by atoms with E-state index in [1.54, 1.807) is 0 Å². The highest BCUT2D eigenvalue weighted by atomic mass is 14.8. The zero-order chi connectivity index (χ0) is 9.52. The van der Waals surface area contributed by atoms with Crippen LogP contribution < -0.4 is 5.32 Å². The van der Waals surface area contributed by atoms with Gasteiger partial charge in [-0.3, -0.25) is 0 Å². The molecule has 1 fully saturated rings. The molecule has 13 heavy (non-hydrogen) atoms. The molecule has 1 rings (SSSR count). The van der Waals surface area contributed by atoms with Gasteiger partial charge in [0.1, 0.15) is 0 Å². The molecular formula is C12H25N. The molecule has 0 aromatic rings. The Kier molecular flexibility index (Phi) is 5.45. The van der Waals surface area contributed by atoms with Gasteiger partial charge < -0.3 is 5.32 Å². The van der Waals surface area contributed by atoms with Crippen molar-refractivity contribution < 1.29 is 0 Å². The molecule has 0 atom stereocenters. The lowest BCUT2D eigenvalue weighted by atomic mass is 9.83. The molecule has 1 aliphatic rings. The molecule has 0 aromatic heterocycles. The second-order valence-electron chi connectivity index (χ2n) is 4.87. The minimum Gasteiger partial charge on any atom is -0.317 e. The van der Waals surface area contributed by atoms with Crippen LogP contribution in [0.2, 0.25) is 0 Å². The van der Waals surface area contributed by atoms with Gasteiger partial charge >= 0.3 is 0 Å². The average Bonchev–Trinajstić information content (AvgIpc) is 1.99. The number of rotatable bonds is 7. The summed E-state index contributed by atoms with van der Waals surface area (Å²) in [6.45, 7) is 7.08. The first-order chi connectivity index (χ1) is 6.29. The third-order valence-electron chi connectivity index (χ3n) is 3.09. The molecule has 0 heterocycles. The van der Waals surface area contributed by atoms with Crippen LogP contribution in [0.4, 0.5) is 0 Å². The van der Waals surface area contributed by atoms with Crippen molar-refractivity contribution in [1.82, 2.24) is 5.32 Å². The predicted molar refractivity (Wildman–Crippen MR) is 58.9 cm³/mol. The highest BCUT2D eigenvalue weighted by Gasteiger charge is 2.15. The Labute approximate surface area is 83.3 Å². The summed E-state index contributed by atoms with van der Waals surface area (Å²) >= 11 is 0. The van der Waals surface area contributed by atoms with Gasteiger partial charge in [-0.15, -0.1) is 0 Å². The summed E-state index contributed by atoms with van der Waals surface area (Å²) < 4.78 is 0. The Morgan fingerprint density at radius 3 is 2.54 bits per heavy atom. The van der Waals surface area contributed by atoms with E-state index in [2.05, 4.69) is 19.2 Å². The van der Waals surface area contributed by atoms with E-state index >= 15 is 0 Å². The molecule has 0 saturated heterocycles. The topological polar surface area (TPSA) is 12.0 Å². The maximum atomic E-state index is 3.54. The summed E-state index contributed by atoms with van der Waals surface area (Å²) in [5, 5.41) is 3.54. The quantitative estimate of drug-likeness (QED) is 0.598. The van der Waals surface area contributed by atoms with E-state index in [4.69, 9.17) is 0 Å². The molecule has 1 aliphatic carbocycles. The lowest BCUT2D eigenvalue weighted by Gasteiger charge is -2.25. The van der Waals surface area contributed by atoms with E-state index in [0.717, 1.165) is 11.8 Å². The molecule has 0 amide bonds. The molecule has 1 heteroatoms. The summed E-state index contributed by atoms with van der Waals surface area (Å²) in [4.78, 5) is 0. The first-order valence-electron chi connectivity index (χ1n) is 5.99. The van der Waals surface area contributed by atoms with Gasteiger partial charge in [-0.2, -0.15) is 0 Å². The Balaban J connectivity index is 1.73. The van der Waals surface area contributed by atoms with E-state index in [9.17, 15) is 0 Å². The Bertz CT molecular complexity index is 116. The van der Waals surface area contributed by atoms with Crippen LogP contribution >= 0.6 is 0 Å². The van der Waals surface area contributed by atoms with E-state index in [0.29, 0.717) is 0 Å². The molecule has 1 N–H and O–H groups in total. The van der Waals surface area contributed by atoms with E-state index in [-0.39, 0.29) is 0 Å². The van der Waals surface area contributed by atoms with Gasteiger partial charge in [0.2, 0.25) is 0 Å². The van der Waals surface area contributed by atoms with Crippen molar-refractivity contribution in [3.63, 3.8) is 0 Å². The van der Waals surface area contributed by atoms with Gasteiger partial charge in [-0.1, -0.05) is 33.1 Å². The van der Waals surface area contributed by atoms with Crippen LogP contribution in [0.15, 0.2) is 0 Å². The van der Waals surface area contributed by atoms with Crippen molar-refractivity contribution >= 4 is 0 Å². The highest BCUT2D eigenvalue weighted by molar-refractivity contribution is 4.70. The van der Waals surface area contributed by atoms with Gasteiger partial charge in [0.25, 0.3) is 0 Å². The van der Waals surface area contributed by atoms with Crippen LogP contribution in [0.25, 0.3) is 0 Å². The third-order valence-corrected chi connectivity index (χ3v) is 3.09. The summed E-state index contributed by atoms with van der Waals surface area (Å²) in [5.41, 5.74) is 0. The van der Waals surface area contributed by atoms with Gasteiger partial charge in [0, 0.05) is 0 Å². The zero-order valence-corrected chi connectivity index (χ0v) is 9.31. The van der Waals surface area contributed by atoms with Crippen LogP contribution in [-0.4, -0.2) is 13.1 Å². The Morgan fingerprint density at radius 1 is 1.23 bits per heavy atom. The summed E-state index contributed by atoms with van der Waals surface area (Å²) in [6, 6.07) is 0. The third kappa shape index (κ3) is 5.30. The Morgan fingerprint density at radius 2 is 2.00 bits per heavy atom. The van der Waals surface area contributed by atoms with Crippen LogP contribution in [0.1, 0.15) is 52.4 Å². The predicted octanol–water partition coefficient (Wildman–Crippen LogP) is 3.20. The number of hydrogen-bond donors (Lipinski definition) is 1. The zero-order valence-electron chi connectivity index (χ0n) is 9.31. The normalized spacial score (nSPS) is 17.8. The smallest absolute Gasteiger partial charge is 0.00463 e. The first-order valence-corrected chi connectivity index (χ1v) is 5.99. The molecule has 78 valence electrons.